The first-order chi connectivity index (χ1) is 13.4. The van der Waals surface area contributed by atoms with Gasteiger partial charge < -0.3 is 18.9 Å². The second-order valence-electron chi connectivity index (χ2n) is 6.67. The third-order valence-corrected chi connectivity index (χ3v) is 4.10. The molecule has 0 aromatic heterocycles. The largest absolute Gasteiger partial charge is 0.476 e. The van der Waals surface area contributed by atoms with Gasteiger partial charge in [0, 0.05) is 5.56 Å². The molecule has 0 N–H and O–H groups in total. The van der Waals surface area contributed by atoms with Gasteiger partial charge in [0.15, 0.2) is 22.9 Å². The Morgan fingerprint density at radius 3 is 2.50 bits per heavy atom. The second-order valence-corrected chi connectivity index (χ2v) is 6.67. The van der Waals surface area contributed by atoms with E-state index in [1.54, 1.807) is 51.1 Å². The van der Waals surface area contributed by atoms with E-state index in [1.807, 2.05) is 18.2 Å². The van der Waals surface area contributed by atoms with Crippen LogP contribution in [0.1, 0.15) is 36.7 Å². The Morgan fingerprint density at radius 1 is 1.07 bits per heavy atom. The van der Waals surface area contributed by atoms with Crippen molar-refractivity contribution >= 4 is 17.8 Å². The predicted molar refractivity (Wildman–Crippen MR) is 104 cm³/mol. The lowest BCUT2D eigenvalue weighted by Gasteiger charge is -2.24. The molecule has 6 nitrogen and oxygen atoms in total. The average Bonchev–Trinajstić information content (AvgIpc) is 3.14. The van der Waals surface area contributed by atoms with Gasteiger partial charge in [0.1, 0.15) is 5.75 Å². The van der Waals surface area contributed by atoms with Crippen LogP contribution in [0.25, 0.3) is 6.08 Å². The van der Waals surface area contributed by atoms with E-state index in [9.17, 15) is 9.59 Å². The Labute approximate surface area is 163 Å². The van der Waals surface area contributed by atoms with Crippen LogP contribution in [0.5, 0.6) is 17.2 Å². The summed E-state index contributed by atoms with van der Waals surface area (Å²) < 4.78 is 21.3. The molecular weight excluding hydrogens is 360 g/mol. The molecule has 0 aliphatic carbocycles. The number of fused-ring (bicyclic) bond motifs is 1. The van der Waals surface area contributed by atoms with Crippen molar-refractivity contribution in [3.05, 3.63) is 59.7 Å². The highest BCUT2D eigenvalue weighted by Crippen LogP contribution is 2.32. The number of rotatable bonds is 7. The van der Waals surface area contributed by atoms with Gasteiger partial charge in [-0.15, -0.1) is 0 Å². The molecular formula is C22H22O6. The van der Waals surface area contributed by atoms with Gasteiger partial charge >= 0.3 is 5.97 Å². The minimum atomic E-state index is -1.11. The van der Waals surface area contributed by atoms with Gasteiger partial charge in [-0.2, -0.15) is 0 Å². The normalized spacial score (nSPS) is 12.8. The number of carbonyl (C=O) groups is 2. The molecule has 146 valence electrons. The predicted octanol–water partition coefficient (Wildman–Crippen LogP) is 4.03. The van der Waals surface area contributed by atoms with E-state index in [1.165, 1.54) is 6.08 Å². The quantitative estimate of drug-likeness (QED) is 0.409. The number of ketones is 1. The van der Waals surface area contributed by atoms with Gasteiger partial charge in [-0.05, 0) is 68.8 Å². The third kappa shape index (κ3) is 4.52. The van der Waals surface area contributed by atoms with E-state index < -0.39 is 11.6 Å². The maximum Gasteiger partial charge on any atom is 0.349 e. The van der Waals surface area contributed by atoms with Crippen molar-refractivity contribution in [2.75, 3.05) is 13.4 Å². The highest BCUT2D eigenvalue weighted by molar-refractivity contribution is 6.06. The fourth-order valence-corrected chi connectivity index (χ4v) is 2.61. The van der Waals surface area contributed by atoms with Crippen LogP contribution in [0, 0.1) is 0 Å². The van der Waals surface area contributed by atoms with Crippen LogP contribution >= 0.6 is 0 Å². The Bertz CT molecular complexity index is 896. The Hall–Kier alpha value is -3.28. The van der Waals surface area contributed by atoms with E-state index in [0.29, 0.717) is 22.8 Å². The maximum absolute atomic E-state index is 12.4. The summed E-state index contributed by atoms with van der Waals surface area (Å²) in [4.78, 5) is 24.3. The fourth-order valence-electron chi connectivity index (χ4n) is 2.61. The summed E-state index contributed by atoms with van der Waals surface area (Å²) >= 11 is 0. The van der Waals surface area contributed by atoms with Crippen LogP contribution in [-0.2, 0) is 9.53 Å². The number of ether oxygens (including phenoxy) is 4. The van der Waals surface area contributed by atoms with E-state index in [4.69, 9.17) is 18.9 Å². The molecule has 6 heteroatoms. The maximum atomic E-state index is 12.4. The van der Waals surface area contributed by atoms with Gasteiger partial charge in [-0.25, -0.2) is 4.79 Å². The first kappa shape index (κ1) is 19.5. The SMILES string of the molecule is CCOC(=O)C(C)(C)Oc1ccc(C(=O)/C=C/c2ccc3c(c2)OCO3)cc1. The monoisotopic (exact) mass is 382 g/mol. The molecule has 1 aliphatic heterocycles. The highest BCUT2D eigenvalue weighted by atomic mass is 16.7. The van der Waals surface area contributed by atoms with Gasteiger partial charge in [0.25, 0.3) is 0 Å². The summed E-state index contributed by atoms with van der Waals surface area (Å²) in [5, 5.41) is 0. The number of hydrogen-bond acceptors (Lipinski definition) is 6. The van der Waals surface area contributed by atoms with Crippen molar-refractivity contribution in [2.24, 2.45) is 0 Å². The van der Waals surface area contributed by atoms with Gasteiger partial charge in [-0.3, -0.25) is 4.79 Å². The number of allylic oxidation sites excluding steroid dienone is 1. The molecule has 2 aromatic rings. The minimum absolute atomic E-state index is 0.145. The van der Waals surface area contributed by atoms with Gasteiger partial charge in [-0.1, -0.05) is 12.1 Å². The van der Waals surface area contributed by atoms with Gasteiger partial charge in [0.05, 0.1) is 6.61 Å². The van der Waals surface area contributed by atoms with Gasteiger partial charge in [0.2, 0.25) is 6.79 Å². The number of esters is 1. The van der Waals surface area contributed by atoms with Crippen molar-refractivity contribution in [1.29, 1.82) is 0 Å². The molecule has 28 heavy (non-hydrogen) atoms. The topological polar surface area (TPSA) is 71.1 Å². The number of carbonyl (C=O) groups excluding carboxylic acids is 2. The zero-order chi connectivity index (χ0) is 20.1. The van der Waals surface area contributed by atoms with E-state index in [-0.39, 0.29) is 19.2 Å². The average molecular weight is 382 g/mol. The van der Waals surface area contributed by atoms with Crippen molar-refractivity contribution in [3.8, 4) is 17.2 Å². The van der Waals surface area contributed by atoms with Crippen LogP contribution < -0.4 is 14.2 Å². The van der Waals surface area contributed by atoms with Crippen LogP contribution in [-0.4, -0.2) is 30.8 Å². The molecule has 0 amide bonds. The van der Waals surface area contributed by atoms with Crippen molar-refractivity contribution in [2.45, 2.75) is 26.4 Å². The number of benzene rings is 2. The zero-order valence-electron chi connectivity index (χ0n) is 16.1. The Morgan fingerprint density at radius 2 is 1.79 bits per heavy atom. The molecule has 1 aliphatic rings. The van der Waals surface area contributed by atoms with Crippen LogP contribution in [0.3, 0.4) is 0 Å². The smallest absolute Gasteiger partial charge is 0.349 e. The summed E-state index contributed by atoms with van der Waals surface area (Å²) in [6.07, 6.45) is 3.22. The van der Waals surface area contributed by atoms with E-state index >= 15 is 0 Å². The first-order valence-electron chi connectivity index (χ1n) is 8.97. The molecule has 2 aromatic carbocycles. The molecule has 0 radical (unpaired) electrons. The lowest BCUT2D eigenvalue weighted by atomic mass is 10.1. The Kier molecular flexibility index (Phi) is 5.68. The van der Waals surface area contributed by atoms with Crippen LogP contribution in [0.2, 0.25) is 0 Å². The fraction of sp³-hybridized carbons (Fsp3) is 0.273. The second kappa shape index (κ2) is 8.17. The number of hydrogen-bond donors (Lipinski definition) is 0. The molecule has 3 rings (SSSR count). The molecule has 0 spiro atoms. The summed E-state index contributed by atoms with van der Waals surface area (Å²) in [5.41, 5.74) is 0.243. The summed E-state index contributed by atoms with van der Waals surface area (Å²) in [7, 11) is 0. The lowest BCUT2D eigenvalue weighted by molar-refractivity contribution is -0.158. The molecule has 1 heterocycles. The first-order valence-corrected chi connectivity index (χ1v) is 8.97. The van der Waals surface area contributed by atoms with Crippen LogP contribution in [0.15, 0.2) is 48.5 Å². The third-order valence-electron chi connectivity index (χ3n) is 4.10. The van der Waals surface area contributed by atoms with Crippen molar-refractivity contribution in [1.82, 2.24) is 0 Å². The molecule has 0 unspecified atom stereocenters. The summed E-state index contributed by atoms with van der Waals surface area (Å²) in [6, 6.07) is 12.1. The molecule has 0 saturated heterocycles. The van der Waals surface area contributed by atoms with Crippen LogP contribution in [0.4, 0.5) is 0 Å². The summed E-state index contributed by atoms with van der Waals surface area (Å²) in [6.45, 7) is 5.51. The van der Waals surface area contributed by atoms with E-state index in [2.05, 4.69) is 0 Å². The highest BCUT2D eigenvalue weighted by Gasteiger charge is 2.31. The molecule has 0 atom stereocenters. The minimum Gasteiger partial charge on any atom is -0.476 e. The summed E-state index contributed by atoms with van der Waals surface area (Å²) in [5.74, 6) is 1.26. The molecule has 0 fully saturated rings. The molecule has 0 saturated carbocycles. The Balaban J connectivity index is 1.64. The van der Waals surface area contributed by atoms with Crippen molar-refractivity contribution in [3.63, 3.8) is 0 Å². The molecule has 0 bridgehead atoms. The van der Waals surface area contributed by atoms with E-state index in [0.717, 1.165) is 5.56 Å². The lowest BCUT2D eigenvalue weighted by Crippen LogP contribution is -2.39. The standard InChI is InChI=1S/C22H22O6/c1-4-25-21(24)22(2,3)28-17-9-7-16(8-10-17)18(23)11-5-15-6-12-19-20(13-15)27-14-26-19/h5-13H,4,14H2,1-3H3/b11-5+. The van der Waals surface area contributed by atoms with Crippen molar-refractivity contribution < 1.29 is 28.5 Å². The zero-order valence-corrected chi connectivity index (χ0v) is 16.1.